The van der Waals surface area contributed by atoms with Gasteiger partial charge in [0.2, 0.25) is 5.78 Å². The monoisotopic (exact) mass is 914 g/mol. The van der Waals surface area contributed by atoms with Gasteiger partial charge in [-0.25, -0.2) is 4.79 Å². The van der Waals surface area contributed by atoms with E-state index in [-0.39, 0.29) is 61.2 Å². The lowest BCUT2D eigenvalue weighted by molar-refractivity contribution is -0.231. The second kappa shape index (κ2) is 25.1. The molecule has 3 aliphatic heterocycles. The summed E-state index contributed by atoms with van der Waals surface area (Å²) in [6, 6.07) is -1.16. The molecule has 0 aromatic rings. The van der Waals surface area contributed by atoms with Crippen LogP contribution >= 0.6 is 0 Å². The molecule has 2 bridgehead atoms. The summed E-state index contributed by atoms with van der Waals surface area (Å²) in [6.07, 6.45) is 10.7. The number of Topliss-reactive ketones (excluding diaryl/α,β-unsaturated/α-hetero) is 3. The molecule has 15 atom stereocenters. The maximum absolute atomic E-state index is 14.6. The van der Waals surface area contributed by atoms with Crippen LogP contribution in [0.4, 0.5) is 0 Å². The molecule has 14 heteroatoms. The van der Waals surface area contributed by atoms with Crippen molar-refractivity contribution in [3.8, 4) is 0 Å². The van der Waals surface area contributed by atoms with Crippen molar-refractivity contribution < 1.29 is 63.0 Å². The third kappa shape index (κ3) is 14.3. The Morgan fingerprint density at radius 2 is 1.55 bits per heavy atom. The summed E-state index contributed by atoms with van der Waals surface area (Å²) in [7, 11) is 4.51. The molecule has 0 aromatic carbocycles. The number of aliphatic hydroxyl groups excluding tert-OH is 2. The molecule has 3 fully saturated rings. The van der Waals surface area contributed by atoms with Gasteiger partial charge in [-0.2, -0.15) is 0 Å². The number of methoxy groups -OCH3 is 3. The lowest BCUT2D eigenvalue weighted by atomic mass is 9.78. The molecule has 0 radical (unpaired) electrons. The highest BCUT2D eigenvalue weighted by Gasteiger charge is 2.55. The molecule has 0 spiro atoms. The van der Waals surface area contributed by atoms with Crippen LogP contribution in [0, 0.1) is 35.5 Å². The van der Waals surface area contributed by atoms with Crippen molar-refractivity contribution in [3.05, 3.63) is 47.6 Å². The number of amides is 1. The minimum Gasteiger partial charge on any atom is -0.460 e. The van der Waals surface area contributed by atoms with Crippen LogP contribution in [0.5, 0.6) is 0 Å². The number of nitrogens with zero attached hydrogens (tertiary/aromatic N) is 1. The predicted molar refractivity (Wildman–Crippen MR) is 245 cm³/mol. The number of ketones is 3. The van der Waals surface area contributed by atoms with Crippen LogP contribution in [-0.4, -0.2) is 132 Å². The zero-order valence-electron chi connectivity index (χ0n) is 40.6. The van der Waals surface area contributed by atoms with E-state index in [9.17, 15) is 39.3 Å². The van der Waals surface area contributed by atoms with Crippen molar-refractivity contribution in [3.63, 3.8) is 0 Å². The lowest BCUT2D eigenvalue weighted by Crippen LogP contribution is -2.62. The average molecular weight is 914 g/mol. The van der Waals surface area contributed by atoms with Gasteiger partial charge in [0.1, 0.15) is 30.1 Å². The first kappa shape index (κ1) is 54.2. The summed E-state index contributed by atoms with van der Waals surface area (Å²) in [6.45, 7) is 12.7. The van der Waals surface area contributed by atoms with Gasteiger partial charge in [0.05, 0.1) is 24.4 Å². The van der Waals surface area contributed by atoms with Crippen LogP contribution in [0.2, 0.25) is 0 Å². The molecule has 14 nitrogen and oxygen atoms in total. The van der Waals surface area contributed by atoms with Crippen LogP contribution in [-0.2, 0) is 47.7 Å². The molecular formula is C51H79NO13. The minimum absolute atomic E-state index is 0.0147. The number of fused-ring (bicyclic) bond motifs is 3. The van der Waals surface area contributed by atoms with Crippen molar-refractivity contribution in [2.75, 3.05) is 27.9 Å². The lowest BCUT2D eigenvalue weighted by Gasteiger charge is -2.40. The number of rotatable bonds is 6. The van der Waals surface area contributed by atoms with Gasteiger partial charge >= 0.3 is 11.8 Å². The molecule has 4 aliphatic rings. The molecule has 3 N–H and O–H groups in total. The molecule has 1 aliphatic carbocycles. The van der Waals surface area contributed by atoms with Crippen LogP contribution in [0.3, 0.4) is 0 Å². The maximum Gasteiger partial charge on any atom is 0.329 e. The average Bonchev–Trinajstić information content (AvgIpc) is 3.39. The van der Waals surface area contributed by atoms with Crippen molar-refractivity contribution in [1.29, 1.82) is 0 Å². The molecule has 366 valence electrons. The number of esters is 1. The van der Waals surface area contributed by atoms with E-state index in [4.69, 9.17) is 23.7 Å². The Balaban J connectivity index is 1.74. The van der Waals surface area contributed by atoms with E-state index in [0.29, 0.717) is 56.9 Å². The van der Waals surface area contributed by atoms with Gasteiger partial charge in [0, 0.05) is 58.5 Å². The van der Waals surface area contributed by atoms with E-state index in [2.05, 4.69) is 0 Å². The minimum atomic E-state index is -2.85. The van der Waals surface area contributed by atoms with Crippen molar-refractivity contribution in [2.24, 2.45) is 35.5 Å². The standard InChI is InChI=1S/C51H79NO13/c1-30-16-12-11-13-17-31(2)42(61-8)28-38-21-19-32(3)48(57)51(60,65-38)50(59)52-23-15-14-18-39(52)49(58)64-43(34(5)26-37-20-22-40(53)44(27-37)62-9)29-41(54)33(4)25-36(7)46(56)47(63-10)45(55)35(6)24-30/h11-13,16-17,25,30,32-35,37-40,42-44,46-47,53,56,60H,14-15,18-24,26-29H2,1-10H3/b13-11+,16-12+,31-17+,36-25+. The third-order valence-corrected chi connectivity index (χ3v) is 14.4. The third-order valence-electron chi connectivity index (χ3n) is 14.4. The Labute approximate surface area is 387 Å². The van der Waals surface area contributed by atoms with Gasteiger partial charge in [-0.1, -0.05) is 71.1 Å². The summed E-state index contributed by atoms with van der Waals surface area (Å²) in [5.74, 6) is -8.01. The number of piperidine rings is 1. The van der Waals surface area contributed by atoms with Crippen molar-refractivity contribution in [2.45, 2.75) is 180 Å². The van der Waals surface area contributed by atoms with Gasteiger partial charge in [-0.15, -0.1) is 0 Å². The first-order valence-corrected chi connectivity index (χ1v) is 23.9. The largest absolute Gasteiger partial charge is 0.460 e. The summed E-state index contributed by atoms with van der Waals surface area (Å²) in [5.41, 5.74) is 1.24. The van der Waals surface area contributed by atoms with Crippen LogP contribution in [0.25, 0.3) is 0 Å². The smallest absolute Gasteiger partial charge is 0.329 e. The molecule has 15 unspecified atom stereocenters. The van der Waals surface area contributed by atoms with Gasteiger partial charge in [-0.05, 0) is 107 Å². The summed E-state index contributed by atoms with van der Waals surface area (Å²) < 4.78 is 29.5. The number of ether oxygens (including phenoxy) is 5. The fourth-order valence-electron chi connectivity index (χ4n) is 10.1. The number of hydrogen-bond acceptors (Lipinski definition) is 13. The van der Waals surface area contributed by atoms with Gasteiger partial charge < -0.3 is 43.9 Å². The number of aliphatic hydroxyl groups is 3. The number of carbonyl (C=O) groups is 5. The summed E-state index contributed by atoms with van der Waals surface area (Å²) in [4.78, 5) is 72.1. The molecular weight excluding hydrogens is 835 g/mol. The number of allylic oxidation sites excluding steroid dienone is 6. The molecule has 4 rings (SSSR count). The molecule has 65 heavy (non-hydrogen) atoms. The van der Waals surface area contributed by atoms with Gasteiger partial charge in [-0.3, -0.25) is 19.2 Å². The zero-order chi connectivity index (χ0) is 48.2. The van der Waals surface area contributed by atoms with Gasteiger partial charge in [0.25, 0.3) is 5.91 Å². The molecule has 1 saturated carbocycles. The van der Waals surface area contributed by atoms with E-state index in [1.54, 1.807) is 41.1 Å². The van der Waals surface area contributed by atoms with E-state index >= 15 is 0 Å². The second-order valence-electron chi connectivity index (χ2n) is 19.6. The first-order valence-electron chi connectivity index (χ1n) is 23.9. The Kier molecular flexibility index (Phi) is 21.0. The maximum atomic E-state index is 14.6. The van der Waals surface area contributed by atoms with Crippen LogP contribution < -0.4 is 0 Å². The normalized spacial score (nSPS) is 40.4. The zero-order valence-corrected chi connectivity index (χ0v) is 40.6. The predicted octanol–water partition coefficient (Wildman–Crippen LogP) is 6.18. The van der Waals surface area contributed by atoms with Gasteiger partial charge in [0.15, 0.2) is 5.78 Å². The molecule has 2 saturated heterocycles. The van der Waals surface area contributed by atoms with Crippen molar-refractivity contribution >= 4 is 29.2 Å². The van der Waals surface area contributed by atoms with E-state index in [1.165, 1.54) is 12.0 Å². The number of carbonyl (C=O) groups excluding carboxylic acids is 5. The number of cyclic esters (lactones) is 1. The van der Waals surface area contributed by atoms with Crippen molar-refractivity contribution in [1.82, 2.24) is 4.90 Å². The second-order valence-corrected chi connectivity index (χ2v) is 19.6. The van der Waals surface area contributed by atoms with E-state index in [1.807, 2.05) is 58.1 Å². The quantitative estimate of drug-likeness (QED) is 0.156. The summed E-state index contributed by atoms with van der Waals surface area (Å²) in [5, 5.41) is 34.1. The Hall–Kier alpha value is -3.37. The number of hydrogen-bond donors (Lipinski definition) is 3. The highest BCUT2D eigenvalue weighted by molar-refractivity contribution is 6.09. The Morgan fingerprint density at radius 1 is 0.831 bits per heavy atom. The molecule has 0 aromatic heterocycles. The van der Waals surface area contributed by atoms with E-state index in [0.717, 1.165) is 12.0 Å². The fraction of sp³-hybridized carbons (Fsp3) is 0.745. The highest BCUT2D eigenvalue weighted by Crippen LogP contribution is 2.36. The SMILES string of the molecule is COC1CC2CCC(C)C(=O)C(O)(O2)C(=O)N2CCCCC2C(=O)OC(C(C)CC2CCC(O)C(OC)C2)CC(=O)C(C)/C=C(\C)C(O)C(OC)C(=O)C(C)CC(C)/C=C/C=C/C=C/1C. The molecule has 1 amide bonds. The Morgan fingerprint density at radius 3 is 2.23 bits per heavy atom. The van der Waals surface area contributed by atoms with Crippen LogP contribution in [0.1, 0.15) is 126 Å². The highest BCUT2D eigenvalue weighted by atomic mass is 16.6. The first-order chi connectivity index (χ1) is 30.7. The topological polar surface area (TPSA) is 195 Å². The summed E-state index contributed by atoms with van der Waals surface area (Å²) >= 11 is 0. The Bertz CT molecular complexity index is 1760. The molecule has 3 heterocycles. The van der Waals surface area contributed by atoms with Crippen LogP contribution in [0.15, 0.2) is 47.6 Å². The van der Waals surface area contributed by atoms with E-state index < -0.39 is 83.9 Å². The fourth-order valence-corrected chi connectivity index (χ4v) is 10.1.